The first kappa shape index (κ1) is 23.1. The van der Waals surface area contributed by atoms with Gasteiger partial charge in [0.15, 0.2) is 18.9 Å². The predicted molar refractivity (Wildman–Crippen MR) is 137 cm³/mol. The Labute approximate surface area is 201 Å². The Balaban J connectivity index is 0.000000166. The number of hydrogen-bond acceptors (Lipinski definition) is 2. The van der Waals surface area contributed by atoms with Crippen molar-refractivity contribution in [2.24, 2.45) is 0 Å². The molecule has 1 unspecified atom stereocenters. The first-order valence-electron chi connectivity index (χ1n) is 11.5. The molecule has 0 saturated heterocycles. The Morgan fingerprint density at radius 1 is 0.824 bits per heavy atom. The molecule has 1 atom stereocenters. The minimum atomic E-state index is -0.435. The number of carbonyl (C=O) groups excluding carboxylic acids is 1. The molecule has 5 rings (SSSR count). The molecule has 2 aromatic carbocycles. The van der Waals surface area contributed by atoms with Crippen LogP contribution in [0, 0.1) is 0 Å². The van der Waals surface area contributed by atoms with Crippen molar-refractivity contribution in [3.63, 3.8) is 0 Å². The van der Waals surface area contributed by atoms with Crippen molar-refractivity contribution in [1.29, 1.82) is 0 Å². The number of benzene rings is 2. The lowest BCUT2D eigenvalue weighted by Gasteiger charge is -2.28. The van der Waals surface area contributed by atoms with Crippen LogP contribution in [0.5, 0.6) is 0 Å². The molecule has 0 fully saturated rings. The van der Waals surface area contributed by atoms with Crippen LogP contribution in [0.3, 0.4) is 0 Å². The van der Waals surface area contributed by atoms with Gasteiger partial charge in [-0.2, -0.15) is 0 Å². The average molecular weight is 446 g/mol. The highest BCUT2D eigenvalue weighted by atomic mass is 16.1. The second-order valence-corrected chi connectivity index (χ2v) is 8.37. The van der Waals surface area contributed by atoms with Gasteiger partial charge in [-0.1, -0.05) is 85.0 Å². The van der Waals surface area contributed by atoms with Crippen LogP contribution in [0.4, 0.5) is 0 Å². The van der Waals surface area contributed by atoms with E-state index in [1.54, 1.807) is 6.92 Å². The molecule has 4 aromatic rings. The van der Waals surface area contributed by atoms with Crippen LogP contribution >= 0.6 is 0 Å². The second-order valence-electron chi connectivity index (χ2n) is 8.37. The number of rotatable bonds is 5. The molecule has 3 heteroatoms. The van der Waals surface area contributed by atoms with Crippen LogP contribution in [-0.4, -0.2) is 10.8 Å². The molecule has 0 bridgehead atoms. The number of Topliss-reactive ketones (excluding diaryl/α,β-unsaturated/α-hetero) is 1. The van der Waals surface area contributed by atoms with Crippen LogP contribution in [0.2, 0.25) is 0 Å². The van der Waals surface area contributed by atoms with E-state index in [1.165, 1.54) is 16.7 Å². The molecule has 0 N–H and O–H groups in total. The van der Waals surface area contributed by atoms with Crippen LogP contribution < -0.4 is 4.57 Å². The minimum absolute atomic E-state index is 0.203. The smallest absolute Gasteiger partial charge is 0.173 e. The first-order chi connectivity index (χ1) is 16.7. The van der Waals surface area contributed by atoms with Gasteiger partial charge in [-0.25, -0.2) is 4.57 Å². The molecule has 1 aliphatic rings. The Bertz CT molecular complexity index is 1250. The Hall–Kier alpha value is -4.11. The Kier molecular flexibility index (Phi) is 7.56. The van der Waals surface area contributed by atoms with E-state index in [4.69, 9.17) is 0 Å². The average Bonchev–Trinajstić information content (AvgIpc) is 2.91. The summed E-state index contributed by atoms with van der Waals surface area (Å²) in [6.45, 7) is 2.56. The number of hydrogen-bond donors (Lipinski definition) is 0. The van der Waals surface area contributed by atoms with E-state index in [-0.39, 0.29) is 5.78 Å². The molecule has 2 aromatic heterocycles. The van der Waals surface area contributed by atoms with Gasteiger partial charge in [-0.3, -0.25) is 9.78 Å². The van der Waals surface area contributed by atoms with Gasteiger partial charge in [0.25, 0.3) is 0 Å². The molecule has 2 heterocycles. The lowest BCUT2D eigenvalue weighted by Crippen LogP contribution is -2.32. The van der Waals surface area contributed by atoms with E-state index >= 15 is 0 Å². The number of ketones is 1. The Morgan fingerprint density at radius 3 is 2.03 bits per heavy atom. The Morgan fingerprint density at radius 2 is 1.44 bits per heavy atom. The van der Waals surface area contributed by atoms with Gasteiger partial charge in [-0.15, -0.1) is 0 Å². The molecule has 168 valence electrons. The van der Waals surface area contributed by atoms with Crippen LogP contribution in [0.25, 0.3) is 11.1 Å². The topological polar surface area (TPSA) is 33.8 Å². The molecular formula is C31H29N2O+. The number of aromatic nitrogens is 2. The summed E-state index contributed by atoms with van der Waals surface area (Å²) >= 11 is 0. The monoisotopic (exact) mass is 445 g/mol. The van der Waals surface area contributed by atoms with Gasteiger partial charge in [-0.05, 0) is 42.2 Å². The van der Waals surface area contributed by atoms with E-state index in [0.29, 0.717) is 0 Å². The molecule has 3 nitrogen and oxygen atoms in total. The molecule has 0 aliphatic heterocycles. The predicted octanol–water partition coefficient (Wildman–Crippen LogP) is 6.11. The molecular weight excluding hydrogens is 416 g/mol. The fourth-order valence-corrected chi connectivity index (χ4v) is 4.13. The number of pyridine rings is 2. The van der Waals surface area contributed by atoms with E-state index < -0.39 is 5.41 Å². The fourth-order valence-electron chi connectivity index (χ4n) is 4.13. The van der Waals surface area contributed by atoms with E-state index in [1.807, 2.05) is 79.2 Å². The van der Waals surface area contributed by atoms with Crippen molar-refractivity contribution in [2.45, 2.75) is 25.3 Å². The normalized spacial score (nSPS) is 16.4. The summed E-state index contributed by atoms with van der Waals surface area (Å²) in [7, 11) is 0. The van der Waals surface area contributed by atoms with Crippen LogP contribution in [0.15, 0.2) is 134 Å². The summed E-state index contributed by atoms with van der Waals surface area (Å²) in [5, 5.41) is 0. The van der Waals surface area contributed by atoms with E-state index in [2.05, 4.69) is 64.4 Å². The molecule has 34 heavy (non-hydrogen) atoms. The van der Waals surface area contributed by atoms with Gasteiger partial charge in [0, 0.05) is 30.1 Å². The summed E-state index contributed by atoms with van der Waals surface area (Å²) < 4.78 is 2.18. The SMILES string of the molecule is CC(=O)C1(c2ccccc2)C=CC=CC1.c1ccc(C[n+]2ccc(-c3ccncc3)cc2)cc1. The maximum atomic E-state index is 11.8. The lowest BCUT2D eigenvalue weighted by molar-refractivity contribution is -0.688. The standard InChI is InChI=1S/C17H15N2.C14H14O/c1-2-4-15(5-3-1)14-19-12-8-17(9-13-19)16-6-10-18-11-7-16;1-12(15)14(10-6-3-7-11-14)13-8-4-2-5-9-13/h1-13H,14H2;2-10H,11H2,1H3/q+1;. The molecule has 1 aliphatic carbocycles. The van der Waals surface area contributed by atoms with Crippen molar-refractivity contribution in [1.82, 2.24) is 4.98 Å². The summed E-state index contributed by atoms with van der Waals surface area (Å²) in [6.07, 6.45) is 16.6. The quantitative estimate of drug-likeness (QED) is 0.347. The molecule has 0 spiro atoms. The summed E-state index contributed by atoms with van der Waals surface area (Å²) in [5.41, 5.74) is 4.37. The third kappa shape index (κ3) is 5.62. The van der Waals surface area contributed by atoms with E-state index in [9.17, 15) is 4.79 Å². The molecule has 0 saturated carbocycles. The maximum Gasteiger partial charge on any atom is 0.173 e. The van der Waals surface area contributed by atoms with Gasteiger partial charge >= 0.3 is 0 Å². The van der Waals surface area contributed by atoms with Crippen molar-refractivity contribution in [3.05, 3.63) is 145 Å². The number of nitrogens with zero attached hydrogens (tertiary/aromatic N) is 2. The highest BCUT2D eigenvalue weighted by Crippen LogP contribution is 2.33. The number of allylic oxidation sites excluding steroid dienone is 4. The fraction of sp³-hybridized carbons (Fsp3) is 0.129. The highest BCUT2D eigenvalue weighted by molar-refractivity contribution is 5.91. The van der Waals surface area contributed by atoms with Crippen LogP contribution in [-0.2, 0) is 16.8 Å². The maximum absolute atomic E-state index is 11.8. The van der Waals surface area contributed by atoms with Crippen molar-refractivity contribution in [3.8, 4) is 11.1 Å². The second kappa shape index (κ2) is 11.2. The van der Waals surface area contributed by atoms with Gasteiger partial charge in [0.05, 0.1) is 5.41 Å². The van der Waals surface area contributed by atoms with Gasteiger partial charge in [0.1, 0.15) is 5.78 Å². The van der Waals surface area contributed by atoms with Crippen molar-refractivity contribution >= 4 is 5.78 Å². The zero-order valence-corrected chi connectivity index (χ0v) is 19.4. The van der Waals surface area contributed by atoms with E-state index in [0.717, 1.165) is 18.5 Å². The summed E-state index contributed by atoms with van der Waals surface area (Å²) in [4.78, 5) is 15.9. The third-order valence-electron chi connectivity index (χ3n) is 6.10. The molecule has 0 radical (unpaired) electrons. The lowest BCUT2D eigenvalue weighted by atomic mass is 9.73. The largest absolute Gasteiger partial charge is 0.299 e. The molecule has 0 amide bonds. The third-order valence-corrected chi connectivity index (χ3v) is 6.10. The van der Waals surface area contributed by atoms with Crippen molar-refractivity contribution in [2.75, 3.05) is 0 Å². The van der Waals surface area contributed by atoms with Crippen molar-refractivity contribution < 1.29 is 9.36 Å². The minimum Gasteiger partial charge on any atom is -0.299 e. The number of carbonyl (C=O) groups is 1. The summed E-state index contributed by atoms with van der Waals surface area (Å²) in [5.74, 6) is 0.203. The summed E-state index contributed by atoms with van der Waals surface area (Å²) in [6, 6.07) is 28.8. The van der Waals surface area contributed by atoms with Crippen LogP contribution in [0.1, 0.15) is 24.5 Å². The highest BCUT2D eigenvalue weighted by Gasteiger charge is 2.34. The zero-order chi connectivity index (χ0) is 23.6. The zero-order valence-electron chi connectivity index (χ0n) is 19.4. The van der Waals surface area contributed by atoms with Gasteiger partial charge in [0.2, 0.25) is 0 Å². The first-order valence-corrected chi connectivity index (χ1v) is 11.5. The van der Waals surface area contributed by atoms with Gasteiger partial charge < -0.3 is 0 Å².